The van der Waals surface area contributed by atoms with Gasteiger partial charge in [-0.25, -0.2) is 0 Å². The highest BCUT2D eigenvalue weighted by Gasteiger charge is 2.42. The molecule has 0 bridgehead atoms. The Labute approximate surface area is 96.1 Å². The van der Waals surface area contributed by atoms with E-state index in [1.54, 1.807) is 13.8 Å². The van der Waals surface area contributed by atoms with Crippen molar-refractivity contribution < 1.29 is 9.59 Å². The zero-order valence-electron chi connectivity index (χ0n) is 10.2. The van der Waals surface area contributed by atoms with Crippen molar-refractivity contribution >= 4 is 11.8 Å². The number of hydrogen-bond donors (Lipinski definition) is 3. The van der Waals surface area contributed by atoms with Gasteiger partial charge in [-0.05, 0) is 39.7 Å². The van der Waals surface area contributed by atoms with Crippen LogP contribution < -0.4 is 16.4 Å². The smallest absolute Gasteiger partial charge is 0.242 e. The van der Waals surface area contributed by atoms with Gasteiger partial charge in [0.15, 0.2) is 0 Å². The minimum atomic E-state index is -0.997. The van der Waals surface area contributed by atoms with E-state index in [0.717, 1.165) is 19.4 Å². The Balaban J connectivity index is 2.74. The molecule has 0 spiro atoms. The normalized spacial score (nSPS) is 25.4. The molecule has 1 rings (SSSR count). The first-order valence-electron chi connectivity index (χ1n) is 5.71. The van der Waals surface area contributed by atoms with Crippen LogP contribution >= 0.6 is 0 Å². The molecule has 1 saturated heterocycles. The lowest BCUT2D eigenvalue weighted by Gasteiger charge is -2.31. The van der Waals surface area contributed by atoms with Gasteiger partial charge in [-0.2, -0.15) is 0 Å². The van der Waals surface area contributed by atoms with E-state index < -0.39 is 17.0 Å². The molecule has 92 valence electrons. The van der Waals surface area contributed by atoms with E-state index in [9.17, 15) is 9.59 Å². The van der Waals surface area contributed by atoms with Crippen LogP contribution in [0.4, 0.5) is 0 Å². The van der Waals surface area contributed by atoms with E-state index in [0.29, 0.717) is 6.42 Å². The number of hydrogen-bond acceptors (Lipinski definition) is 3. The fourth-order valence-corrected chi connectivity index (χ4v) is 1.93. The molecule has 0 saturated carbocycles. The second-order valence-electron chi connectivity index (χ2n) is 4.91. The van der Waals surface area contributed by atoms with Gasteiger partial charge in [0.05, 0.1) is 5.54 Å². The van der Waals surface area contributed by atoms with Crippen molar-refractivity contribution in [3.8, 4) is 0 Å². The minimum Gasteiger partial charge on any atom is -0.368 e. The second kappa shape index (κ2) is 4.41. The Morgan fingerprint density at radius 1 is 1.50 bits per heavy atom. The fraction of sp³-hybridized carbons (Fsp3) is 0.818. The highest BCUT2D eigenvalue weighted by molar-refractivity contribution is 5.93. The van der Waals surface area contributed by atoms with E-state index >= 15 is 0 Å². The predicted molar refractivity (Wildman–Crippen MR) is 61.7 cm³/mol. The first-order valence-corrected chi connectivity index (χ1v) is 5.71. The van der Waals surface area contributed by atoms with Gasteiger partial charge in [-0.1, -0.05) is 6.92 Å². The van der Waals surface area contributed by atoms with Crippen LogP contribution in [-0.4, -0.2) is 29.4 Å². The van der Waals surface area contributed by atoms with Crippen LogP contribution in [0.2, 0.25) is 0 Å². The first-order chi connectivity index (χ1) is 7.34. The van der Waals surface area contributed by atoms with Gasteiger partial charge in [-0.15, -0.1) is 0 Å². The lowest BCUT2D eigenvalue weighted by molar-refractivity contribution is -0.134. The summed E-state index contributed by atoms with van der Waals surface area (Å²) in [5.74, 6) is -0.651. The summed E-state index contributed by atoms with van der Waals surface area (Å²) in [5.41, 5.74) is 3.71. The molecule has 5 nitrogen and oxygen atoms in total. The van der Waals surface area contributed by atoms with E-state index in [2.05, 4.69) is 10.6 Å². The Hall–Kier alpha value is -1.10. The molecule has 1 atom stereocenters. The molecule has 0 aromatic heterocycles. The third-order valence-electron chi connectivity index (χ3n) is 3.32. The molecule has 4 N–H and O–H groups in total. The maximum absolute atomic E-state index is 12.1. The van der Waals surface area contributed by atoms with Crippen molar-refractivity contribution in [2.75, 3.05) is 6.54 Å². The van der Waals surface area contributed by atoms with Crippen LogP contribution in [0.5, 0.6) is 0 Å². The molecule has 1 aliphatic rings. The summed E-state index contributed by atoms with van der Waals surface area (Å²) in [6.45, 7) is 6.05. The van der Waals surface area contributed by atoms with E-state index in [1.807, 2.05) is 6.92 Å². The molecule has 1 unspecified atom stereocenters. The third-order valence-corrected chi connectivity index (χ3v) is 3.32. The van der Waals surface area contributed by atoms with Crippen molar-refractivity contribution in [2.24, 2.45) is 5.73 Å². The molecule has 2 amide bonds. The van der Waals surface area contributed by atoms with Gasteiger partial charge in [0, 0.05) is 0 Å². The fourth-order valence-electron chi connectivity index (χ4n) is 1.93. The largest absolute Gasteiger partial charge is 0.368 e. The summed E-state index contributed by atoms with van der Waals surface area (Å²) in [6.07, 6.45) is 2.51. The van der Waals surface area contributed by atoms with E-state index in [-0.39, 0.29) is 5.91 Å². The Kier molecular flexibility index (Phi) is 3.57. The number of primary amides is 1. The van der Waals surface area contributed by atoms with Gasteiger partial charge in [0.2, 0.25) is 11.8 Å². The van der Waals surface area contributed by atoms with E-state index in [4.69, 9.17) is 5.73 Å². The van der Waals surface area contributed by atoms with Gasteiger partial charge in [-0.3, -0.25) is 9.59 Å². The second-order valence-corrected chi connectivity index (χ2v) is 4.91. The number of nitrogens with two attached hydrogens (primary N) is 1. The molecule has 0 aromatic carbocycles. The number of carbonyl (C=O) groups excluding carboxylic acids is 2. The number of rotatable bonds is 4. The van der Waals surface area contributed by atoms with Crippen LogP contribution in [0, 0.1) is 0 Å². The Morgan fingerprint density at radius 3 is 2.50 bits per heavy atom. The lowest BCUT2D eigenvalue weighted by atomic mass is 9.91. The number of amides is 2. The molecule has 0 aromatic rings. The van der Waals surface area contributed by atoms with Crippen LogP contribution in [-0.2, 0) is 9.59 Å². The summed E-state index contributed by atoms with van der Waals surface area (Å²) in [7, 11) is 0. The maximum Gasteiger partial charge on any atom is 0.242 e. The summed E-state index contributed by atoms with van der Waals surface area (Å²) in [6, 6.07) is 0. The van der Waals surface area contributed by atoms with Crippen molar-refractivity contribution in [3.63, 3.8) is 0 Å². The number of carbonyl (C=O) groups is 2. The van der Waals surface area contributed by atoms with Gasteiger partial charge < -0.3 is 16.4 Å². The predicted octanol–water partition coefficient (Wildman–Crippen LogP) is -0.101. The SMILES string of the molecule is CCC1(C(=O)NC(C)(C)C(N)=O)CCCN1. The molecule has 5 heteroatoms. The molecular weight excluding hydrogens is 206 g/mol. The molecule has 1 fully saturated rings. The molecule has 0 aliphatic carbocycles. The summed E-state index contributed by atoms with van der Waals surface area (Å²) < 4.78 is 0. The van der Waals surface area contributed by atoms with Crippen LogP contribution in [0.3, 0.4) is 0 Å². The Bertz CT molecular complexity index is 294. The lowest BCUT2D eigenvalue weighted by Crippen LogP contribution is -2.61. The zero-order chi connectivity index (χ0) is 12.4. The summed E-state index contributed by atoms with van der Waals surface area (Å²) in [5, 5.41) is 5.93. The van der Waals surface area contributed by atoms with Crippen LogP contribution in [0.15, 0.2) is 0 Å². The highest BCUT2D eigenvalue weighted by atomic mass is 16.2. The first kappa shape index (κ1) is 13.0. The highest BCUT2D eigenvalue weighted by Crippen LogP contribution is 2.23. The monoisotopic (exact) mass is 227 g/mol. The van der Waals surface area contributed by atoms with Crippen LogP contribution in [0.1, 0.15) is 40.0 Å². The Morgan fingerprint density at radius 2 is 2.12 bits per heavy atom. The number of nitrogens with one attached hydrogen (secondary N) is 2. The topological polar surface area (TPSA) is 84.2 Å². The van der Waals surface area contributed by atoms with Gasteiger partial charge in [0.25, 0.3) is 0 Å². The third kappa shape index (κ3) is 2.35. The van der Waals surface area contributed by atoms with E-state index in [1.165, 1.54) is 0 Å². The summed E-state index contributed by atoms with van der Waals surface area (Å²) >= 11 is 0. The van der Waals surface area contributed by atoms with Crippen molar-refractivity contribution in [1.29, 1.82) is 0 Å². The van der Waals surface area contributed by atoms with Crippen molar-refractivity contribution in [1.82, 2.24) is 10.6 Å². The van der Waals surface area contributed by atoms with Gasteiger partial charge >= 0.3 is 0 Å². The molecular formula is C11H21N3O2. The van der Waals surface area contributed by atoms with Crippen LogP contribution in [0.25, 0.3) is 0 Å². The average molecular weight is 227 g/mol. The molecule has 16 heavy (non-hydrogen) atoms. The maximum atomic E-state index is 12.1. The average Bonchev–Trinajstić information content (AvgIpc) is 2.66. The molecule has 1 heterocycles. The van der Waals surface area contributed by atoms with Gasteiger partial charge in [0.1, 0.15) is 5.54 Å². The minimum absolute atomic E-state index is 0.128. The quantitative estimate of drug-likeness (QED) is 0.627. The standard InChI is InChI=1S/C11H21N3O2/c1-4-11(6-5-7-13-11)9(16)14-10(2,3)8(12)15/h13H,4-7H2,1-3H3,(H2,12,15)(H,14,16). The zero-order valence-corrected chi connectivity index (χ0v) is 10.2. The van der Waals surface area contributed by atoms with Crippen molar-refractivity contribution in [2.45, 2.75) is 51.1 Å². The molecule has 0 radical (unpaired) electrons. The van der Waals surface area contributed by atoms with Crippen molar-refractivity contribution in [3.05, 3.63) is 0 Å². The summed E-state index contributed by atoms with van der Waals surface area (Å²) in [4.78, 5) is 23.3. The molecule has 1 aliphatic heterocycles.